The largest absolute Gasteiger partial charge is 0.416 e. The van der Waals surface area contributed by atoms with Gasteiger partial charge in [0.05, 0.1) is 16.8 Å². The predicted octanol–water partition coefficient (Wildman–Crippen LogP) is 4.81. The van der Waals surface area contributed by atoms with E-state index < -0.39 is 17.6 Å². The number of benzene rings is 1. The molecule has 0 aliphatic carbocycles. The predicted molar refractivity (Wildman–Crippen MR) is 97.0 cm³/mol. The van der Waals surface area contributed by atoms with E-state index in [1.807, 2.05) is 6.92 Å². The van der Waals surface area contributed by atoms with E-state index >= 15 is 0 Å². The number of aromatic amines is 1. The Morgan fingerprint density at radius 3 is 2.15 bits per heavy atom. The third-order valence-corrected chi connectivity index (χ3v) is 4.32. The summed E-state index contributed by atoms with van der Waals surface area (Å²) >= 11 is 0. The summed E-state index contributed by atoms with van der Waals surface area (Å²) in [7, 11) is 0. The van der Waals surface area contributed by atoms with Crippen molar-refractivity contribution in [2.45, 2.75) is 25.9 Å². The van der Waals surface area contributed by atoms with Crippen LogP contribution >= 0.6 is 0 Å². The van der Waals surface area contributed by atoms with E-state index in [1.54, 1.807) is 24.5 Å². The van der Waals surface area contributed by atoms with Gasteiger partial charge in [-0.1, -0.05) is 25.5 Å². The molecule has 0 saturated heterocycles. The van der Waals surface area contributed by atoms with E-state index in [-0.39, 0.29) is 0 Å². The number of alkyl halides is 3. The molecule has 2 aromatic heterocycles. The van der Waals surface area contributed by atoms with Crippen LogP contribution in [0.15, 0.2) is 48.8 Å². The van der Waals surface area contributed by atoms with Crippen molar-refractivity contribution in [1.29, 1.82) is 0 Å². The summed E-state index contributed by atoms with van der Waals surface area (Å²) < 4.78 is 38.5. The Bertz CT molecular complexity index is 945. The maximum Gasteiger partial charge on any atom is 0.416 e. The topological polar surface area (TPSA) is 71.8 Å². The summed E-state index contributed by atoms with van der Waals surface area (Å²) in [5.74, 6) is -0.584. The van der Waals surface area contributed by atoms with Crippen LogP contribution in [0.1, 0.15) is 34.8 Å². The Morgan fingerprint density at radius 2 is 1.63 bits per heavy atom. The molecule has 140 valence electrons. The Kier molecular flexibility index (Phi) is 5.03. The number of nitrogens with two attached hydrogens (primary N) is 1. The number of nitrogens with one attached hydrogen (secondary N) is 1. The zero-order valence-corrected chi connectivity index (χ0v) is 14.6. The van der Waals surface area contributed by atoms with Gasteiger partial charge in [0.15, 0.2) is 0 Å². The quantitative estimate of drug-likeness (QED) is 0.673. The number of carbonyl (C=O) groups is 1. The Morgan fingerprint density at radius 1 is 1.04 bits per heavy atom. The summed E-state index contributed by atoms with van der Waals surface area (Å²) in [5.41, 5.74) is 8.42. The molecule has 3 rings (SSSR count). The van der Waals surface area contributed by atoms with Crippen molar-refractivity contribution in [3.63, 3.8) is 0 Å². The molecular formula is C20H18F3N3O. The zero-order valence-electron chi connectivity index (χ0n) is 14.6. The van der Waals surface area contributed by atoms with Gasteiger partial charge in [-0.15, -0.1) is 0 Å². The van der Waals surface area contributed by atoms with E-state index in [0.717, 1.165) is 24.1 Å². The number of amides is 1. The van der Waals surface area contributed by atoms with Gasteiger partial charge in [0.2, 0.25) is 0 Å². The lowest BCUT2D eigenvalue weighted by atomic mass is 9.97. The molecule has 1 amide bonds. The molecule has 3 aromatic rings. The number of rotatable bonds is 5. The van der Waals surface area contributed by atoms with Crippen molar-refractivity contribution in [3.8, 4) is 22.5 Å². The third kappa shape index (κ3) is 3.72. The molecule has 0 saturated carbocycles. The molecular weight excluding hydrogens is 355 g/mol. The molecule has 0 fully saturated rings. The normalized spacial score (nSPS) is 11.6. The lowest BCUT2D eigenvalue weighted by Crippen LogP contribution is -2.13. The van der Waals surface area contributed by atoms with Crippen LogP contribution in [0.2, 0.25) is 0 Å². The number of H-pyrrole nitrogens is 1. The third-order valence-electron chi connectivity index (χ3n) is 4.32. The van der Waals surface area contributed by atoms with Crippen molar-refractivity contribution >= 4 is 5.91 Å². The first-order valence-corrected chi connectivity index (χ1v) is 8.45. The molecule has 0 aliphatic rings. The number of primary amides is 1. The monoisotopic (exact) mass is 373 g/mol. The lowest BCUT2D eigenvalue weighted by molar-refractivity contribution is -0.137. The summed E-state index contributed by atoms with van der Waals surface area (Å²) in [6.07, 6.45) is 0.106. The van der Waals surface area contributed by atoms with Gasteiger partial charge in [-0.2, -0.15) is 13.2 Å². The number of hydrogen-bond acceptors (Lipinski definition) is 2. The van der Waals surface area contributed by atoms with Gasteiger partial charge in [0.25, 0.3) is 5.91 Å². The molecule has 7 heteroatoms. The SMILES string of the molecule is CCCc1c(-c2ccc(C(F)(F)F)cc2)[nH]c(-c2ccncc2)c1C(N)=O. The number of pyridine rings is 1. The molecule has 4 nitrogen and oxygen atoms in total. The highest BCUT2D eigenvalue weighted by Gasteiger charge is 2.30. The van der Waals surface area contributed by atoms with Crippen molar-refractivity contribution in [1.82, 2.24) is 9.97 Å². The van der Waals surface area contributed by atoms with Crippen LogP contribution in [0.25, 0.3) is 22.5 Å². The van der Waals surface area contributed by atoms with Crippen LogP contribution < -0.4 is 5.73 Å². The maximum absolute atomic E-state index is 12.8. The van der Waals surface area contributed by atoms with E-state index in [2.05, 4.69) is 9.97 Å². The number of hydrogen-bond donors (Lipinski definition) is 2. The van der Waals surface area contributed by atoms with E-state index in [1.165, 1.54) is 12.1 Å². The minimum absolute atomic E-state index is 0.359. The fraction of sp³-hybridized carbons (Fsp3) is 0.200. The van der Waals surface area contributed by atoms with Crippen molar-refractivity contribution in [2.24, 2.45) is 5.73 Å². The van der Waals surface area contributed by atoms with Crippen molar-refractivity contribution < 1.29 is 18.0 Å². The summed E-state index contributed by atoms with van der Waals surface area (Å²) in [6.45, 7) is 1.96. The van der Waals surface area contributed by atoms with Gasteiger partial charge in [-0.05, 0) is 41.8 Å². The average Bonchev–Trinajstić information content (AvgIpc) is 3.02. The average molecular weight is 373 g/mol. The minimum atomic E-state index is -4.40. The zero-order chi connectivity index (χ0) is 19.6. The second kappa shape index (κ2) is 7.26. The van der Waals surface area contributed by atoms with Gasteiger partial charge in [-0.25, -0.2) is 0 Å². The van der Waals surface area contributed by atoms with Gasteiger partial charge in [0.1, 0.15) is 0 Å². The first-order valence-electron chi connectivity index (χ1n) is 8.45. The van der Waals surface area contributed by atoms with E-state index in [0.29, 0.717) is 34.5 Å². The van der Waals surface area contributed by atoms with Gasteiger partial charge >= 0.3 is 6.18 Å². The fourth-order valence-electron chi connectivity index (χ4n) is 3.12. The Hall–Kier alpha value is -3.09. The second-order valence-electron chi connectivity index (χ2n) is 6.15. The van der Waals surface area contributed by atoms with Crippen LogP contribution in [0, 0.1) is 0 Å². The lowest BCUT2D eigenvalue weighted by Gasteiger charge is -2.09. The molecule has 0 radical (unpaired) electrons. The highest BCUT2D eigenvalue weighted by Crippen LogP contribution is 2.36. The highest BCUT2D eigenvalue weighted by atomic mass is 19.4. The number of halogens is 3. The summed E-state index contributed by atoms with van der Waals surface area (Å²) in [4.78, 5) is 19.3. The number of carbonyl (C=O) groups excluding carboxylic acids is 1. The van der Waals surface area contributed by atoms with Crippen LogP contribution in [0.4, 0.5) is 13.2 Å². The van der Waals surface area contributed by atoms with Crippen molar-refractivity contribution in [3.05, 3.63) is 65.5 Å². The smallest absolute Gasteiger partial charge is 0.366 e. The Balaban J connectivity index is 2.19. The van der Waals surface area contributed by atoms with Crippen LogP contribution in [-0.2, 0) is 12.6 Å². The summed E-state index contributed by atoms with van der Waals surface area (Å²) in [5, 5.41) is 0. The molecule has 1 aromatic carbocycles. The van der Waals surface area contributed by atoms with Gasteiger partial charge < -0.3 is 10.7 Å². The molecule has 0 unspecified atom stereocenters. The summed E-state index contributed by atoms with van der Waals surface area (Å²) in [6, 6.07) is 8.34. The fourth-order valence-corrected chi connectivity index (χ4v) is 3.12. The number of nitrogens with zero attached hydrogens (tertiary/aromatic N) is 1. The molecule has 0 spiro atoms. The van der Waals surface area contributed by atoms with Crippen LogP contribution in [0.5, 0.6) is 0 Å². The van der Waals surface area contributed by atoms with Gasteiger partial charge in [0, 0.05) is 23.7 Å². The first kappa shape index (κ1) is 18.7. The van der Waals surface area contributed by atoms with Gasteiger partial charge in [-0.3, -0.25) is 9.78 Å². The van der Waals surface area contributed by atoms with Crippen molar-refractivity contribution in [2.75, 3.05) is 0 Å². The minimum Gasteiger partial charge on any atom is -0.366 e. The van der Waals surface area contributed by atoms with Crippen LogP contribution in [-0.4, -0.2) is 15.9 Å². The standard InChI is InChI=1S/C20H18F3N3O/c1-2-3-15-16(19(24)27)18(13-8-10-25-11-9-13)26-17(15)12-4-6-14(7-5-12)20(21,22)23/h4-11,26H,2-3H2,1H3,(H2,24,27). The molecule has 3 N–H and O–H groups in total. The molecule has 27 heavy (non-hydrogen) atoms. The molecule has 0 aliphatic heterocycles. The molecule has 0 bridgehead atoms. The van der Waals surface area contributed by atoms with E-state index in [4.69, 9.17) is 5.73 Å². The Labute approximate surface area is 154 Å². The molecule has 2 heterocycles. The first-order chi connectivity index (χ1) is 12.8. The van der Waals surface area contributed by atoms with Crippen LogP contribution in [0.3, 0.4) is 0 Å². The highest BCUT2D eigenvalue weighted by molar-refractivity contribution is 6.03. The number of aromatic nitrogens is 2. The molecule has 0 atom stereocenters. The second-order valence-corrected chi connectivity index (χ2v) is 6.15. The van der Waals surface area contributed by atoms with E-state index in [9.17, 15) is 18.0 Å². The maximum atomic E-state index is 12.8.